The van der Waals surface area contributed by atoms with E-state index in [-0.39, 0.29) is 6.42 Å². The van der Waals surface area contributed by atoms with Crippen LogP contribution in [0.2, 0.25) is 0 Å². The smallest absolute Gasteiger partial charge is 0.328 e. The molecule has 0 heterocycles. The van der Waals surface area contributed by atoms with E-state index >= 15 is 0 Å². The predicted octanol–water partition coefficient (Wildman–Crippen LogP) is -3.06. The summed E-state index contributed by atoms with van der Waals surface area (Å²) in [7, 11) is 0. The Balaban J connectivity index is 2.84. The van der Waals surface area contributed by atoms with Crippen molar-refractivity contribution < 1.29 is 44.4 Å². The molecule has 1 aromatic rings. The zero-order chi connectivity index (χ0) is 25.1. The van der Waals surface area contributed by atoms with E-state index in [1.54, 1.807) is 30.3 Å². The summed E-state index contributed by atoms with van der Waals surface area (Å²) < 4.78 is 0. The molecule has 0 saturated heterocycles. The SMILES string of the molecule is CC(O)C(NC(=O)C(CC(=O)O)NC(=O)C(CO)NC(=O)C(N)Cc1ccccc1)C(=O)O. The van der Waals surface area contributed by atoms with Crippen molar-refractivity contribution in [2.45, 2.75) is 50.0 Å². The summed E-state index contributed by atoms with van der Waals surface area (Å²) in [6.45, 7) is 0.211. The first-order chi connectivity index (χ1) is 15.5. The van der Waals surface area contributed by atoms with Crippen LogP contribution in [0.1, 0.15) is 18.9 Å². The van der Waals surface area contributed by atoms with E-state index in [0.717, 1.165) is 12.5 Å². The molecule has 0 aliphatic rings. The average Bonchev–Trinajstić information content (AvgIpc) is 2.74. The predicted molar refractivity (Wildman–Crippen MR) is 113 cm³/mol. The minimum atomic E-state index is -1.75. The van der Waals surface area contributed by atoms with Gasteiger partial charge < -0.3 is 42.1 Å². The number of carboxylic acids is 2. The quantitative estimate of drug-likeness (QED) is 0.146. The van der Waals surface area contributed by atoms with Crippen LogP contribution in [0.5, 0.6) is 0 Å². The van der Waals surface area contributed by atoms with Gasteiger partial charge in [0.25, 0.3) is 0 Å². The number of hydrogen-bond acceptors (Lipinski definition) is 8. The first kappa shape index (κ1) is 27.5. The summed E-state index contributed by atoms with van der Waals surface area (Å²) in [5.41, 5.74) is 6.59. The lowest BCUT2D eigenvalue weighted by Crippen LogP contribution is -2.59. The van der Waals surface area contributed by atoms with Gasteiger partial charge in [-0.1, -0.05) is 30.3 Å². The highest BCUT2D eigenvalue weighted by Crippen LogP contribution is 2.03. The van der Waals surface area contributed by atoms with Crippen LogP contribution in [0.3, 0.4) is 0 Å². The molecule has 13 heteroatoms. The lowest BCUT2D eigenvalue weighted by molar-refractivity contribution is -0.146. The number of aliphatic hydroxyl groups is 2. The molecule has 0 aliphatic carbocycles. The third kappa shape index (κ3) is 9.22. The average molecular weight is 468 g/mol. The Hall–Kier alpha value is -3.55. The third-order valence-electron chi connectivity index (χ3n) is 4.51. The van der Waals surface area contributed by atoms with Gasteiger partial charge in [0.05, 0.1) is 25.2 Å². The number of carbonyl (C=O) groups is 5. The lowest BCUT2D eigenvalue weighted by Gasteiger charge is -2.24. The Morgan fingerprint density at radius 2 is 1.45 bits per heavy atom. The number of aliphatic hydroxyl groups excluding tert-OH is 2. The second kappa shape index (κ2) is 13.1. The van der Waals surface area contributed by atoms with Gasteiger partial charge in [-0.3, -0.25) is 19.2 Å². The Kier molecular flexibility index (Phi) is 10.9. The zero-order valence-electron chi connectivity index (χ0n) is 17.8. The third-order valence-corrected chi connectivity index (χ3v) is 4.51. The molecule has 0 radical (unpaired) electrons. The second-order valence-corrected chi connectivity index (χ2v) is 7.26. The summed E-state index contributed by atoms with van der Waals surface area (Å²) in [6.07, 6.45) is -2.29. The fourth-order valence-electron chi connectivity index (χ4n) is 2.73. The number of carbonyl (C=O) groups excluding carboxylic acids is 3. The standard InChI is InChI=1S/C20H28N4O9/c1-10(26)16(20(32)33)24-18(30)13(8-15(27)28)22-19(31)14(9-25)23-17(29)12(21)7-11-5-3-2-4-6-11/h2-6,10,12-14,16,25-26H,7-9,21H2,1H3,(H,22,31)(H,23,29)(H,24,30)(H,27,28)(H,32,33). The van der Waals surface area contributed by atoms with Crippen LogP contribution in [0.15, 0.2) is 30.3 Å². The number of carboxylic acid groups (broad SMARTS) is 2. The second-order valence-electron chi connectivity index (χ2n) is 7.26. The van der Waals surface area contributed by atoms with Crippen molar-refractivity contribution in [3.8, 4) is 0 Å². The van der Waals surface area contributed by atoms with E-state index in [1.807, 2.05) is 5.32 Å². The number of amides is 3. The van der Waals surface area contributed by atoms with Crippen LogP contribution in [0, 0.1) is 0 Å². The molecule has 0 aromatic heterocycles. The summed E-state index contributed by atoms with van der Waals surface area (Å²) in [4.78, 5) is 59.4. The molecule has 3 amide bonds. The van der Waals surface area contributed by atoms with Crippen molar-refractivity contribution in [3.05, 3.63) is 35.9 Å². The van der Waals surface area contributed by atoms with Gasteiger partial charge in [0.15, 0.2) is 6.04 Å². The van der Waals surface area contributed by atoms with Crippen molar-refractivity contribution in [2.75, 3.05) is 6.61 Å². The molecular weight excluding hydrogens is 440 g/mol. The van der Waals surface area contributed by atoms with Crippen molar-refractivity contribution >= 4 is 29.7 Å². The minimum absolute atomic E-state index is 0.145. The van der Waals surface area contributed by atoms with Crippen molar-refractivity contribution in [1.82, 2.24) is 16.0 Å². The fraction of sp³-hybridized carbons (Fsp3) is 0.450. The first-order valence-electron chi connectivity index (χ1n) is 9.90. The minimum Gasteiger partial charge on any atom is -0.481 e. The van der Waals surface area contributed by atoms with E-state index in [0.29, 0.717) is 0 Å². The number of rotatable bonds is 13. The monoisotopic (exact) mass is 468 g/mol. The molecule has 0 fully saturated rings. The summed E-state index contributed by atoms with van der Waals surface area (Å²) in [5.74, 6) is -6.13. The first-order valence-corrected chi connectivity index (χ1v) is 9.90. The van der Waals surface area contributed by atoms with Crippen LogP contribution in [0.4, 0.5) is 0 Å². The summed E-state index contributed by atoms with van der Waals surface area (Å²) >= 11 is 0. The number of hydrogen-bond donors (Lipinski definition) is 8. The van der Waals surface area contributed by atoms with Gasteiger partial charge in [0, 0.05) is 0 Å². The Bertz CT molecular complexity index is 847. The number of aliphatic carboxylic acids is 2. The summed E-state index contributed by atoms with van der Waals surface area (Å²) in [6, 6.07) is 2.66. The Morgan fingerprint density at radius 1 is 0.909 bits per heavy atom. The molecule has 1 aromatic carbocycles. The molecule has 5 unspecified atom stereocenters. The molecule has 1 rings (SSSR count). The maximum absolute atomic E-state index is 12.5. The topological polar surface area (TPSA) is 228 Å². The van der Waals surface area contributed by atoms with Crippen LogP contribution >= 0.6 is 0 Å². The van der Waals surface area contributed by atoms with Crippen molar-refractivity contribution in [2.24, 2.45) is 5.73 Å². The summed E-state index contributed by atoms with van der Waals surface area (Å²) in [5, 5.41) is 43.2. The van der Waals surface area contributed by atoms with E-state index in [2.05, 4.69) is 10.6 Å². The lowest BCUT2D eigenvalue weighted by atomic mass is 10.1. The molecule has 182 valence electrons. The largest absolute Gasteiger partial charge is 0.481 e. The van der Waals surface area contributed by atoms with E-state index in [9.17, 15) is 34.2 Å². The zero-order valence-corrected chi connectivity index (χ0v) is 17.8. The maximum Gasteiger partial charge on any atom is 0.328 e. The van der Waals surface area contributed by atoms with Crippen LogP contribution in [-0.4, -0.2) is 87.0 Å². The van der Waals surface area contributed by atoms with Crippen LogP contribution < -0.4 is 21.7 Å². The number of nitrogens with one attached hydrogen (secondary N) is 3. The number of benzene rings is 1. The van der Waals surface area contributed by atoms with E-state index in [1.165, 1.54) is 0 Å². The molecule has 9 N–H and O–H groups in total. The van der Waals surface area contributed by atoms with Crippen LogP contribution in [-0.2, 0) is 30.4 Å². The van der Waals surface area contributed by atoms with Gasteiger partial charge in [0.2, 0.25) is 17.7 Å². The van der Waals surface area contributed by atoms with Gasteiger partial charge >= 0.3 is 11.9 Å². The van der Waals surface area contributed by atoms with E-state index in [4.69, 9.17) is 15.9 Å². The van der Waals surface area contributed by atoms with Gasteiger partial charge in [-0.05, 0) is 18.9 Å². The fourth-order valence-corrected chi connectivity index (χ4v) is 2.73. The van der Waals surface area contributed by atoms with Gasteiger partial charge in [-0.2, -0.15) is 0 Å². The number of nitrogens with two attached hydrogens (primary N) is 1. The molecule has 13 nitrogen and oxygen atoms in total. The molecule has 0 spiro atoms. The normalized spacial score (nSPS) is 15.3. The molecule has 0 aliphatic heterocycles. The van der Waals surface area contributed by atoms with Gasteiger partial charge in [-0.15, -0.1) is 0 Å². The molecular formula is C20H28N4O9. The van der Waals surface area contributed by atoms with Crippen molar-refractivity contribution in [3.63, 3.8) is 0 Å². The molecule has 33 heavy (non-hydrogen) atoms. The highest BCUT2D eigenvalue weighted by molar-refractivity contribution is 5.95. The Labute approximate surface area is 189 Å². The molecule has 0 saturated carbocycles. The van der Waals surface area contributed by atoms with E-state index < -0.39 is 73.0 Å². The molecule has 0 bridgehead atoms. The van der Waals surface area contributed by atoms with Gasteiger partial charge in [-0.25, -0.2) is 4.79 Å². The Morgan fingerprint density at radius 3 is 1.94 bits per heavy atom. The highest BCUT2D eigenvalue weighted by Gasteiger charge is 2.32. The van der Waals surface area contributed by atoms with Crippen LogP contribution in [0.25, 0.3) is 0 Å². The van der Waals surface area contributed by atoms with Crippen molar-refractivity contribution in [1.29, 1.82) is 0 Å². The highest BCUT2D eigenvalue weighted by atomic mass is 16.4. The molecule has 5 atom stereocenters. The maximum atomic E-state index is 12.5. The van der Waals surface area contributed by atoms with Gasteiger partial charge in [0.1, 0.15) is 12.1 Å².